The molecule has 0 radical (unpaired) electrons. The molecule has 4 aliphatic rings. The van der Waals surface area contributed by atoms with Gasteiger partial charge in [-0.1, -0.05) is 26.8 Å². The second kappa shape index (κ2) is 8.90. The zero-order chi connectivity index (χ0) is 26.7. The molecule has 3 fully saturated rings. The topological polar surface area (TPSA) is 113 Å². The van der Waals surface area contributed by atoms with E-state index in [1.54, 1.807) is 6.92 Å². The zero-order valence-electron chi connectivity index (χ0n) is 21.8. The van der Waals surface area contributed by atoms with Crippen LogP contribution in [0.2, 0.25) is 0 Å². The number of ketones is 2. The van der Waals surface area contributed by atoms with E-state index in [0.29, 0.717) is 44.6 Å². The number of Topliss-reactive ketones (excluding diaryl/α,β-unsaturated/α-hetero) is 2. The lowest BCUT2D eigenvalue weighted by Gasteiger charge is -2.54. The third-order valence-electron chi connectivity index (χ3n) is 8.33. The van der Waals surface area contributed by atoms with Gasteiger partial charge < -0.3 is 9.64 Å². The number of fused-ring (bicyclic) bond motifs is 4. The summed E-state index contributed by atoms with van der Waals surface area (Å²) in [5, 5.41) is 2.26. The third-order valence-corrected chi connectivity index (χ3v) is 8.33. The Balaban J connectivity index is 1.56. The van der Waals surface area contributed by atoms with Crippen LogP contribution < -0.4 is 10.2 Å². The van der Waals surface area contributed by atoms with Crippen LogP contribution >= 0.6 is 0 Å². The number of hydrogen-bond donors (Lipinski definition) is 1. The van der Waals surface area contributed by atoms with E-state index in [1.807, 2.05) is 39.0 Å². The van der Waals surface area contributed by atoms with Crippen molar-refractivity contribution in [2.75, 3.05) is 24.7 Å². The monoisotopic (exact) mass is 507 g/mol. The first kappa shape index (κ1) is 25.3. The molecule has 1 N–H and O–H groups in total. The lowest BCUT2D eigenvalue weighted by Crippen LogP contribution is -2.66. The van der Waals surface area contributed by atoms with Crippen molar-refractivity contribution < 1.29 is 28.7 Å². The maximum absolute atomic E-state index is 13.7. The lowest BCUT2D eigenvalue weighted by atomic mass is 9.56. The van der Waals surface area contributed by atoms with Crippen molar-refractivity contribution in [3.8, 4) is 0 Å². The molecule has 1 aliphatic carbocycles. The number of nitrogens with one attached hydrogen (secondary N) is 1. The normalized spacial score (nSPS) is 26.8. The summed E-state index contributed by atoms with van der Waals surface area (Å²) < 4.78 is 5.76. The summed E-state index contributed by atoms with van der Waals surface area (Å²) in [6, 6.07) is 4.14. The molecule has 9 nitrogen and oxygen atoms in total. The van der Waals surface area contributed by atoms with Crippen LogP contribution in [-0.2, 0) is 30.3 Å². The number of hydrogen-bond acceptors (Lipinski definition) is 7. The average Bonchev–Trinajstić information content (AvgIpc) is 2.84. The number of carbonyl (C=O) groups is 5. The molecule has 1 aromatic rings. The van der Waals surface area contributed by atoms with Crippen molar-refractivity contribution in [2.24, 2.45) is 10.8 Å². The average molecular weight is 508 g/mol. The number of ether oxygens (including phenoxy) is 1. The molecule has 2 atom stereocenters. The Kier molecular flexibility index (Phi) is 6.09. The number of anilines is 1. The summed E-state index contributed by atoms with van der Waals surface area (Å²) in [6.45, 7) is 8.89. The molecule has 4 amide bonds. The van der Waals surface area contributed by atoms with Gasteiger partial charge in [-0.25, -0.2) is 4.79 Å². The van der Waals surface area contributed by atoms with E-state index in [0.717, 1.165) is 16.2 Å². The largest absolute Gasteiger partial charge is 0.377 e. The van der Waals surface area contributed by atoms with E-state index in [4.69, 9.17) is 4.74 Å². The molecule has 3 heterocycles. The molecule has 9 heteroatoms. The Labute approximate surface area is 216 Å². The van der Waals surface area contributed by atoms with Gasteiger partial charge in [0.25, 0.3) is 11.8 Å². The lowest BCUT2D eigenvalue weighted by molar-refractivity contribution is -0.152. The van der Waals surface area contributed by atoms with E-state index in [-0.39, 0.29) is 41.1 Å². The Morgan fingerprint density at radius 3 is 2.49 bits per heavy atom. The van der Waals surface area contributed by atoms with Crippen LogP contribution in [0.1, 0.15) is 58.1 Å². The Morgan fingerprint density at radius 2 is 1.81 bits per heavy atom. The quantitative estimate of drug-likeness (QED) is 0.380. The van der Waals surface area contributed by atoms with Gasteiger partial charge in [-0.2, -0.15) is 0 Å². The first-order valence-electron chi connectivity index (χ1n) is 12.9. The first-order chi connectivity index (χ1) is 17.5. The van der Waals surface area contributed by atoms with Gasteiger partial charge >= 0.3 is 6.03 Å². The minimum Gasteiger partial charge on any atom is -0.377 e. The third kappa shape index (κ3) is 4.00. The molecule has 3 aliphatic heterocycles. The number of urea groups is 1. The fraction of sp³-hybridized carbons (Fsp3) is 0.536. The predicted octanol–water partition coefficient (Wildman–Crippen LogP) is 2.65. The van der Waals surface area contributed by atoms with Crippen molar-refractivity contribution in [2.45, 2.75) is 65.5 Å². The predicted molar refractivity (Wildman–Crippen MR) is 136 cm³/mol. The van der Waals surface area contributed by atoms with Gasteiger partial charge in [0.15, 0.2) is 0 Å². The van der Waals surface area contributed by atoms with Gasteiger partial charge in [-0.05, 0) is 54.5 Å². The summed E-state index contributed by atoms with van der Waals surface area (Å²) in [5.41, 5.74) is 0.677. The number of barbiturate groups is 1. The van der Waals surface area contributed by atoms with Crippen LogP contribution in [0.3, 0.4) is 0 Å². The first-order valence-corrected chi connectivity index (χ1v) is 12.9. The number of morpholine rings is 1. The van der Waals surface area contributed by atoms with Crippen molar-refractivity contribution in [1.82, 2.24) is 10.2 Å². The smallest absolute Gasteiger partial charge is 0.331 e. The highest BCUT2D eigenvalue weighted by atomic mass is 16.5. The van der Waals surface area contributed by atoms with Gasteiger partial charge in [0, 0.05) is 31.1 Å². The van der Waals surface area contributed by atoms with E-state index in [1.165, 1.54) is 6.08 Å². The number of imide groups is 2. The van der Waals surface area contributed by atoms with E-state index in [2.05, 4.69) is 10.2 Å². The van der Waals surface area contributed by atoms with Crippen LogP contribution in [0, 0.1) is 10.8 Å². The molecule has 0 bridgehead atoms. The minimum absolute atomic E-state index is 0.0480. The van der Waals surface area contributed by atoms with Gasteiger partial charge in [-0.3, -0.25) is 29.4 Å². The van der Waals surface area contributed by atoms with E-state index < -0.39 is 23.3 Å². The van der Waals surface area contributed by atoms with Gasteiger partial charge in [0.2, 0.25) is 0 Å². The van der Waals surface area contributed by atoms with E-state index >= 15 is 0 Å². The summed E-state index contributed by atoms with van der Waals surface area (Å²) in [4.78, 5) is 68.5. The summed E-state index contributed by atoms with van der Waals surface area (Å²) in [7, 11) is 0. The molecule has 1 spiro atoms. The highest BCUT2D eigenvalue weighted by molar-refractivity contribution is 6.31. The SMILES string of the molecule is CCC(C)N1C(=O)NC(=O)/C(=C\c2ccc3c(c2)CC2(C(=O)CC(C)(C)CC2=O)C2COCCN32)C1=O. The molecule has 196 valence electrons. The number of amides is 4. The maximum atomic E-state index is 13.7. The highest BCUT2D eigenvalue weighted by Crippen LogP contribution is 2.50. The van der Waals surface area contributed by atoms with Crippen LogP contribution in [0.25, 0.3) is 6.08 Å². The van der Waals surface area contributed by atoms with Gasteiger partial charge in [-0.15, -0.1) is 0 Å². The number of rotatable bonds is 3. The summed E-state index contributed by atoms with van der Waals surface area (Å²) in [5.74, 6) is -1.47. The molecule has 1 aromatic carbocycles. The standard InChI is InChI=1S/C28H33N3O6/c1-5-16(2)31-25(35)19(24(34)29-26(31)36)11-17-6-7-20-18(10-17)12-28(21-15-37-9-8-30(20)21)22(32)13-27(3,4)14-23(28)33/h6-7,10-11,16,21H,5,8-9,12-15H2,1-4H3,(H,29,34,36)/b19-11+. The van der Waals surface area contributed by atoms with Crippen molar-refractivity contribution >= 4 is 41.2 Å². The molecule has 2 saturated heterocycles. The maximum Gasteiger partial charge on any atom is 0.331 e. The number of benzene rings is 1. The molecular formula is C28H33N3O6. The minimum atomic E-state index is -1.17. The molecule has 1 saturated carbocycles. The number of carbonyl (C=O) groups excluding carboxylic acids is 5. The molecule has 2 unspecified atom stereocenters. The second-order valence-corrected chi connectivity index (χ2v) is 11.4. The van der Waals surface area contributed by atoms with Crippen LogP contribution in [0.5, 0.6) is 0 Å². The number of nitrogens with zero attached hydrogens (tertiary/aromatic N) is 2. The van der Waals surface area contributed by atoms with Crippen molar-refractivity contribution in [3.63, 3.8) is 0 Å². The highest BCUT2D eigenvalue weighted by Gasteiger charge is 2.60. The van der Waals surface area contributed by atoms with Crippen LogP contribution in [0.4, 0.5) is 10.5 Å². The van der Waals surface area contributed by atoms with Gasteiger partial charge in [0.1, 0.15) is 22.6 Å². The fourth-order valence-corrected chi connectivity index (χ4v) is 6.23. The van der Waals surface area contributed by atoms with E-state index in [9.17, 15) is 24.0 Å². The summed E-state index contributed by atoms with van der Waals surface area (Å²) >= 11 is 0. The van der Waals surface area contributed by atoms with Gasteiger partial charge in [0.05, 0.1) is 19.3 Å². The molecular weight excluding hydrogens is 474 g/mol. The molecule has 5 rings (SSSR count). The van der Waals surface area contributed by atoms with Crippen molar-refractivity contribution in [1.29, 1.82) is 0 Å². The second-order valence-electron chi connectivity index (χ2n) is 11.4. The molecule has 37 heavy (non-hydrogen) atoms. The Hall–Kier alpha value is -3.33. The Morgan fingerprint density at radius 1 is 1.11 bits per heavy atom. The van der Waals surface area contributed by atoms with Crippen LogP contribution in [0.15, 0.2) is 23.8 Å². The molecule has 0 aromatic heterocycles. The van der Waals surface area contributed by atoms with Crippen molar-refractivity contribution in [3.05, 3.63) is 34.9 Å². The summed E-state index contributed by atoms with van der Waals surface area (Å²) in [6.07, 6.45) is 2.95. The fourth-order valence-electron chi connectivity index (χ4n) is 6.23. The Bertz CT molecular complexity index is 1230. The van der Waals surface area contributed by atoms with Crippen LogP contribution in [-0.4, -0.2) is 66.2 Å². The zero-order valence-corrected chi connectivity index (χ0v) is 21.8.